The third-order valence-electron chi connectivity index (χ3n) is 7.92. The molecule has 0 aromatic carbocycles. The number of aliphatic carboxylic acids is 1. The van der Waals surface area contributed by atoms with Crippen LogP contribution >= 0.6 is 12.4 Å². The van der Waals surface area contributed by atoms with Crippen molar-refractivity contribution in [3.63, 3.8) is 0 Å². The smallest absolute Gasteiger partial charge is 0.317 e. The lowest BCUT2D eigenvalue weighted by atomic mass is 9.49. The Balaban J connectivity index is 0.00000196. The largest absolute Gasteiger partial charge is 0.480 e. The van der Waals surface area contributed by atoms with Gasteiger partial charge in [0.1, 0.15) is 0 Å². The average Bonchev–Trinajstić information content (AvgIpc) is 2.77. The molecule has 5 rings (SSSR count). The topological polar surface area (TPSA) is 43.8 Å². The van der Waals surface area contributed by atoms with Gasteiger partial charge in [-0.25, -0.2) is 0 Å². The molecular weight excluding hydrogens is 348 g/mol. The maximum Gasteiger partial charge on any atom is 0.317 e. The molecule has 4 bridgehead atoms. The van der Waals surface area contributed by atoms with Crippen molar-refractivity contribution in [2.24, 2.45) is 23.2 Å². The molecule has 5 fully saturated rings. The van der Waals surface area contributed by atoms with Crippen LogP contribution in [0.2, 0.25) is 0 Å². The van der Waals surface area contributed by atoms with Crippen molar-refractivity contribution in [3.8, 4) is 0 Å². The number of likely N-dealkylation sites (N-methyl/N-ethyl adjacent to an activating group) is 1. The SMILES string of the molecule is CN(CC(=O)O)C1CCCN(CCC23CC4CC(CC(C4)C2)C3)CC1.Cl. The second kappa shape index (κ2) is 8.36. The van der Waals surface area contributed by atoms with Gasteiger partial charge in [-0.3, -0.25) is 9.69 Å². The second-order valence-corrected chi connectivity index (χ2v) is 9.90. The zero-order valence-electron chi connectivity index (χ0n) is 16.4. The predicted molar refractivity (Wildman–Crippen MR) is 107 cm³/mol. The van der Waals surface area contributed by atoms with E-state index in [0.29, 0.717) is 11.5 Å². The van der Waals surface area contributed by atoms with Gasteiger partial charge in [-0.15, -0.1) is 12.4 Å². The molecule has 0 radical (unpaired) electrons. The highest BCUT2D eigenvalue weighted by Crippen LogP contribution is 2.61. The van der Waals surface area contributed by atoms with Gasteiger partial charge >= 0.3 is 5.97 Å². The molecule has 1 unspecified atom stereocenters. The minimum absolute atomic E-state index is 0. The van der Waals surface area contributed by atoms with E-state index in [4.69, 9.17) is 5.11 Å². The predicted octanol–water partition coefficient (Wildman–Crippen LogP) is 3.89. The van der Waals surface area contributed by atoms with Crippen LogP contribution in [0.15, 0.2) is 0 Å². The summed E-state index contributed by atoms with van der Waals surface area (Å²) in [5, 5.41) is 9.02. The van der Waals surface area contributed by atoms with Crippen LogP contribution in [0.25, 0.3) is 0 Å². The van der Waals surface area contributed by atoms with Gasteiger partial charge in [-0.05, 0) is 114 Å². The van der Waals surface area contributed by atoms with Gasteiger partial charge in [0.05, 0.1) is 6.54 Å². The Kier molecular flexibility index (Phi) is 6.57. The fourth-order valence-electron chi connectivity index (χ4n) is 7.14. The number of carbonyl (C=O) groups is 1. The number of nitrogens with zero attached hydrogens (tertiary/aromatic N) is 2. The maximum atomic E-state index is 11.0. The zero-order chi connectivity index (χ0) is 17.4. The molecule has 4 nitrogen and oxygen atoms in total. The van der Waals surface area contributed by atoms with Crippen molar-refractivity contribution in [3.05, 3.63) is 0 Å². The first-order valence-electron chi connectivity index (χ1n) is 10.7. The fraction of sp³-hybridized carbons (Fsp3) is 0.952. The van der Waals surface area contributed by atoms with E-state index >= 15 is 0 Å². The first kappa shape index (κ1) is 20.4. The molecule has 0 aromatic rings. The van der Waals surface area contributed by atoms with Crippen LogP contribution in [0.1, 0.15) is 64.2 Å². The zero-order valence-corrected chi connectivity index (χ0v) is 17.2. The lowest BCUT2D eigenvalue weighted by Crippen LogP contribution is -2.47. The van der Waals surface area contributed by atoms with Gasteiger partial charge in [0.15, 0.2) is 0 Å². The van der Waals surface area contributed by atoms with Crippen LogP contribution < -0.4 is 0 Å². The molecule has 26 heavy (non-hydrogen) atoms. The minimum atomic E-state index is -0.703. The summed E-state index contributed by atoms with van der Waals surface area (Å²) < 4.78 is 0. The summed E-state index contributed by atoms with van der Waals surface area (Å²) in [6.45, 7) is 3.82. The van der Waals surface area contributed by atoms with Crippen molar-refractivity contribution in [2.75, 3.05) is 33.2 Å². The summed E-state index contributed by atoms with van der Waals surface area (Å²) in [5.74, 6) is 2.48. The van der Waals surface area contributed by atoms with Gasteiger partial charge in [0.25, 0.3) is 0 Å². The lowest BCUT2D eigenvalue weighted by molar-refractivity contribution is -0.138. The van der Waals surface area contributed by atoms with Crippen LogP contribution in [0.4, 0.5) is 0 Å². The molecule has 1 saturated heterocycles. The van der Waals surface area contributed by atoms with Crippen molar-refractivity contribution in [1.82, 2.24) is 9.80 Å². The summed E-state index contributed by atoms with van der Waals surface area (Å²) in [6.07, 6.45) is 14.1. The van der Waals surface area contributed by atoms with Gasteiger partial charge in [-0.2, -0.15) is 0 Å². The minimum Gasteiger partial charge on any atom is -0.480 e. The Morgan fingerprint density at radius 3 is 2.27 bits per heavy atom. The molecule has 4 aliphatic carbocycles. The molecule has 0 amide bonds. The molecule has 150 valence electrons. The molecule has 0 spiro atoms. The molecule has 1 N–H and O–H groups in total. The lowest BCUT2D eigenvalue weighted by Gasteiger charge is -2.57. The van der Waals surface area contributed by atoms with Gasteiger partial charge in [0, 0.05) is 6.04 Å². The van der Waals surface area contributed by atoms with Crippen molar-refractivity contribution < 1.29 is 9.90 Å². The highest BCUT2D eigenvalue weighted by Gasteiger charge is 2.50. The van der Waals surface area contributed by atoms with Gasteiger partial charge in [-0.1, -0.05) is 0 Å². The van der Waals surface area contributed by atoms with E-state index in [0.717, 1.165) is 37.1 Å². The van der Waals surface area contributed by atoms with Gasteiger partial charge < -0.3 is 10.0 Å². The molecule has 1 heterocycles. The van der Waals surface area contributed by atoms with E-state index in [1.165, 1.54) is 45.2 Å². The van der Waals surface area contributed by atoms with E-state index in [2.05, 4.69) is 4.90 Å². The van der Waals surface area contributed by atoms with Crippen LogP contribution in [0.5, 0.6) is 0 Å². The fourth-order valence-corrected chi connectivity index (χ4v) is 7.14. The Morgan fingerprint density at radius 1 is 1.08 bits per heavy atom. The van der Waals surface area contributed by atoms with Crippen LogP contribution in [0.3, 0.4) is 0 Å². The molecule has 4 saturated carbocycles. The van der Waals surface area contributed by atoms with Crippen molar-refractivity contribution in [1.29, 1.82) is 0 Å². The molecule has 1 aliphatic heterocycles. The summed E-state index contributed by atoms with van der Waals surface area (Å²) in [6, 6.07) is 0.445. The number of rotatable bonds is 6. The third kappa shape index (κ3) is 4.56. The van der Waals surface area contributed by atoms with Gasteiger partial charge in [0.2, 0.25) is 0 Å². The standard InChI is InChI=1S/C21H36N2O2.ClH/c1-22(15-20(24)25)19-3-2-6-23(7-4-19)8-5-21-12-16-9-17(13-21)11-18(10-16)14-21;/h16-19H,2-15H2,1H3,(H,24,25);1H. The van der Waals surface area contributed by atoms with Crippen molar-refractivity contribution in [2.45, 2.75) is 70.3 Å². The van der Waals surface area contributed by atoms with E-state index < -0.39 is 5.97 Å². The van der Waals surface area contributed by atoms with E-state index in [9.17, 15) is 4.79 Å². The monoisotopic (exact) mass is 384 g/mol. The Bertz CT molecular complexity index is 463. The summed E-state index contributed by atoms with van der Waals surface area (Å²) >= 11 is 0. The second-order valence-electron chi connectivity index (χ2n) is 9.90. The molecule has 1 atom stereocenters. The summed E-state index contributed by atoms with van der Waals surface area (Å²) in [5.41, 5.74) is 0.695. The highest BCUT2D eigenvalue weighted by molar-refractivity contribution is 5.85. The van der Waals surface area contributed by atoms with E-state index in [1.54, 1.807) is 19.3 Å². The maximum absolute atomic E-state index is 11.0. The number of halogens is 1. The number of carboxylic acid groups (broad SMARTS) is 1. The third-order valence-corrected chi connectivity index (χ3v) is 7.92. The number of likely N-dealkylation sites (tertiary alicyclic amines) is 1. The van der Waals surface area contributed by atoms with Crippen LogP contribution in [-0.2, 0) is 4.79 Å². The first-order chi connectivity index (χ1) is 12.0. The molecule has 0 aromatic heterocycles. The van der Waals surface area contributed by atoms with Crippen molar-refractivity contribution >= 4 is 18.4 Å². The number of hydrogen-bond acceptors (Lipinski definition) is 3. The molecule has 5 aliphatic rings. The number of carboxylic acids is 1. The molecule has 5 heteroatoms. The van der Waals surface area contributed by atoms with E-state index in [-0.39, 0.29) is 19.0 Å². The Labute approximate surface area is 165 Å². The van der Waals surface area contributed by atoms with E-state index in [1.807, 2.05) is 11.9 Å². The molecular formula is C21H37ClN2O2. The Morgan fingerprint density at radius 2 is 1.69 bits per heavy atom. The summed E-state index contributed by atoms with van der Waals surface area (Å²) in [4.78, 5) is 15.7. The number of hydrogen-bond donors (Lipinski definition) is 1. The highest BCUT2D eigenvalue weighted by atomic mass is 35.5. The van der Waals surface area contributed by atoms with Crippen LogP contribution in [0, 0.1) is 23.2 Å². The normalized spacial score (nSPS) is 39.6. The quantitative estimate of drug-likeness (QED) is 0.754. The summed E-state index contributed by atoms with van der Waals surface area (Å²) in [7, 11) is 1.98. The van der Waals surface area contributed by atoms with Crippen LogP contribution in [-0.4, -0.2) is 60.1 Å². The average molecular weight is 385 g/mol. The Hall–Kier alpha value is -0.320. The first-order valence-corrected chi connectivity index (χ1v) is 10.7.